The number of anilines is 1. The molecule has 6 aliphatic rings. The first-order valence-electron chi connectivity index (χ1n) is 34.9. The second-order valence-electron chi connectivity index (χ2n) is 26.7. The van der Waals surface area contributed by atoms with E-state index in [0.29, 0.717) is 23.1 Å². The highest BCUT2D eigenvalue weighted by molar-refractivity contribution is 8.00. The lowest BCUT2D eigenvalue weighted by atomic mass is 9.77. The zero-order chi connectivity index (χ0) is 75.7. The van der Waals surface area contributed by atoms with Gasteiger partial charge in [-0.25, -0.2) is 14.5 Å². The SMILES string of the molecule is CO[C@@H]1OC(COCC(=O)NCCOCCOCCNC(=O)C(C)NC(=O)C(C)NC(=O)[C@@H]2CCCN2C(=O)[C@H](NC(=O)C(CSC2CC(=O)N(c3ccc4c(c3)C(=O)OC43c4ccc(O)cc4Oc4cc(O)ccc43)C2=O)NC(=O)OCC2c3ccccc3-c3ccccc32)C(C)C)[C@@H](CO)[C@H](O)C1O. The number of thioether (sulfide) groups is 1. The number of benzene rings is 5. The number of likely N-dealkylation sites (tertiary alicyclic amines) is 1. The Kier molecular flexibility index (Phi) is 25.0. The fraction of sp³-hybridized carbons (Fsp3) is 0.459. The van der Waals surface area contributed by atoms with Crippen molar-refractivity contribution < 1.29 is 111 Å². The number of nitrogens with zero attached hydrogens (tertiary/aromatic N) is 2. The van der Waals surface area contributed by atoms with Gasteiger partial charge in [-0.15, -0.1) is 11.8 Å². The van der Waals surface area contributed by atoms with Crippen molar-refractivity contribution in [2.24, 2.45) is 11.8 Å². The van der Waals surface area contributed by atoms with Crippen LogP contribution in [0.3, 0.4) is 0 Å². The van der Waals surface area contributed by atoms with E-state index in [0.717, 1.165) is 38.9 Å². The number of aromatic hydroxyl groups is 2. The number of esters is 1. The van der Waals surface area contributed by atoms with E-state index in [1.54, 1.807) is 32.0 Å². The maximum atomic E-state index is 14.8. The molecule has 31 nitrogen and oxygen atoms in total. The number of hydrogen-bond donors (Lipinski definition) is 11. The summed E-state index contributed by atoms with van der Waals surface area (Å²) in [5, 5.41) is 65.7. The number of amides is 9. The van der Waals surface area contributed by atoms with Crippen LogP contribution in [-0.4, -0.2) is 235 Å². The van der Waals surface area contributed by atoms with Crippen LogP contribution in [0.5, 0.6) is 23.0 Å². The number of methoxy groups -OCH3 is 1. The zero-order valence-electron chi connectivity index (χ0n) is 58.8. The van der Waals surface area contributed by atoms with Gasteiger partial charge < -0.3 is 100 Å². The van der Waals surface area contributed by atoms with Gasteiger partial charge in [0.2, 0.25) is 47.3 Å². The number of fused-ring (bicyclic) bond motifs is 9. The average molecular weight is 1490 g/mol. The molecule has 0 saturated carbocycles. The molecule has 5 aromatic rings. The molecule has 32 heteroatoms. The van der Waals surface area contributed by atoms with Crippen molar-refractivity contribution in [1.29, 1.82) is 0 Å². The molecule has 6 unspecified atom stereocenters. The van der Waals surface area contributed by atoms with Crippen molar-refractivity contribution in [2.45, 2.75) is 119 Å². The Bertz CT molecular complexity index is 4050. The molecule has 9 amide bonds. The third-order valence-corrected chi connectivity index (χ3v) is 20.7. The maximum absolute atomic E-state index is 14.8. The molecule has 3 fully saturated rings. The molecule has 11 N–H and O–H groups in total. The molecular formula is C74H86N8O23S. The predicted molar refractivity (Wildman–Crippen MR) is 377 cm³/mol. The third kappa shape index (κ3) is 16.7. The van der Waals surface area contributed by atoms with Gasteiger partial charge in [0.05, 0.1) is 68.4 Å². The molecular weight excluding hydrogens is 1400 g/mol. The second-order valence-corrected chi connectivity index (χ2v) is 28.0. The number of ether oxygens (including phenoxy) is 8. The number of phenols is 2. The lowest BCUT2D eigenvalue weighted by Gasteiger charge is -2.41. The first kappa shape index (κ1) is 77.3. The zero-order valence-corrected chi connectivity index (χ0v) is 59.6. The Morgan fingerprint density at radius 1 is 0.689 bits per heavy atom. The van der Waals surface area contributed by atoms with Crippen molar-refractivity contribution in [3.8, 4) is 34.1 Å². The van der Waals surface area contributed by atoms with E-state index in [1.165, 1.54) is 62.3 Å². The Labute approximate surface area is 613 Å². The number of imide groups is 1. The van der Waals surface area contributed by atoms with Gasteiger partial charge in [-0.05, 0) is 91.3 Å². The number of aliphatic hydroxyl groups excluding tert-OH is 3. The first-order valence-corrected chi connectivity index (χ1v) is 35.9. The quantitative estimate of drug-likeness (QED) is 0.0172. The van der Waals surface area contributed by atoms with Crippen molar-refractivity contribution in [2.75, 3.05) is 90.3 Å². The number of aliphatic hydroxyl groups is 3. The van der Waals surface area contributed by atoms with E-state index in [1.807, 2.05) is 48.5 Å². The molecule has 1 spiro atoms. The van der Waals surface area contributed by atoms with Crippen LogP contribution in [0.15, 0.2) is 103 Å². The van der Waals surface area contributed by atoms with E-state index in [2.05, 4.69) is 31.9 Å². The summed E-state index contributed by atoms with van der Waals surface area (Å²) in [6, 6.07) is 22.4. The van der Waals surface area contributed by atoms with Crippen molar-refractivity contribution in [3.63, 3.8) is 0 Å². The van der Waals surface area contributed by atoms with Gasteiger partial charge in [-0.1, -0.05) is 68.4 Å². The number of nitrogens with one attached hydrogen (secondary N) is 6. The summed E-state index contributed by atoms with van der Waals surface area (Å²) in [6.07, 6.45) is -5.40. The lowest BCUT2D eigenvalue weighted by molar-refractivity contribution is -0.287. The summed E-state index contributed by atoms with van der Waals surface area (Å²) >= 11 is 0.901. The van der Waals surface area contributed by atoms with Crippen molar-refractivity contribution in [3.05, 3.63) is 137 Å². The molecule has 5 aromatic carbocycles. The van der Waals surface area contributed by atoms with E-state index in [9.17, 15) is 73.5 Å². The summed E-state index contributed by atoms with van der Waals surface area (Å²) < 4.78 is 45.1. The van der Waals surface area contributed by atoms with Crippen LogP contribution in [0.4, 0.5) is 10.5 Å². The standard InChI is InChI=1S/C74H86N8O23S/c1-38(2)62(70(95)81-24-10-15-55(81)68(93)78-40(4)66(91)77-39(3)65(90)76-23-26-100-28-27-99-25-22-75-60(86)36-101-35-58-49(33-83)63(88)64(89)72(98-5)104-58)80-67(92)54(79-73(97)102-34-50-46-13-8-6-11-44(46)45-12-7-9-14-47(45)50)37-106-59-32-61(87)82(69(59)94)41-16-19-51-48(29-41)71(96)105-74(51)52-20-17-42(84)30-56(52)103-57-31-43(85)18-21-53(57)74/h6-9,11-14,16-21,29-31,38-40,49-50,54-55,58-59,62-64,72,83-85,88-89H,10,15,22-28,32-37H2,1-5H3,(H,75,86)(H,76,90)(H,77,91)(H,78,93)(H,79,97)(H,80,92)/t39?,40?,49-,54?,55+,58?,59?,62-,63+,64?,72-/m1/s1. The minimum Gasteiger partial charge on any atom is -0.508 e. The third-order valence-electron chi connectivity index (χ3n) is 19.4. The van der Waals surface area contributed by atoms with E-state index < -0.39 is 143 Å². The molecule has 3 saturated heterocycles. The normalized spacial score (nSPS) is 21.4. The summed E-state index contributed by atoms with van der Waals surface area (Å²) in [5.41, 5.74) is 3.31. The van der Waals surface area contributed by atoms with Crippen molar-refractivity contribution in [1.82, 2.24) is 36.8 Å². The molecule has 566 valence electrons. The van der Waals surface area contributed by atoms with Gasteiger partial charge in [0.25, 0.3) is 0 Å². The second kappa shape index (κ2) is 34.2. The number of hydrogen-bond acceptors (Lipinski definition) is 24. The first-order chi connectivity index (χ1) is 50.9. The molecule has 0 aromatic heterocycles. The average Bonchev–Trinajstić information content (AvgIpc) is 1.48. The molecule has 11 rings (SSSR count). The molecule has 0 bridgehead atoms. The van der Waals surface area contributed by atoms with Crippen LogP contribution in [0.1, 0.15) is 91.1 Å². The summed E-state index contributed by atoms with van der Waals surface area (Å²) in [7, 11) is 1.29. The minimum atomic E-state index is -1.62. The van der Waals surface area contributed by atoms with Crippen molar-refractivity contribution >= 4 is 76.8 Å². The number of carbonyl (C=O) groups is 10. The number of alkyl carbamates (subject to hydrolysis) is 1. The molecule has 5 heterocycles. The molecule has 1 aliphatic carbocycles. The number of phenolic OH excluding ortho intramolecular Hbond substituents is 2. The molecule has 5 aliphatic heterocycles. The van der Waals surface area contributed by atoms with Gasteiger partial charge in [-0.2, -0.15) is 0 Å². The Hall–Kier alpha value is -9.77. The van der Waals surface area contributed by atoms with E-state index >= 15 is 0 Å². The van der Waals surface area contributed by atoms with E-state index in [-0.39, 0.29) is 125 Å². The number of rotatable bonds is 31. The Morgan fingerprint density at radius 3 is 1.96 bits per heavy atom. The fourth-order valence-electron chi connectivity index (χ4n) is 13.9. The highest BCUT2D eigenvalue weighted by Gasteiger charge is 2.55. The summed E-state index contributed by atoms with van der Waals surface area (Å²) in [6.45, 7) is 6.03. The highest BCUT2D eigenvalue weighted by atomic mass is 32.2. The van der Waals surface area contributed by atoms with Crippen LogP contribution < -0.4 is 41.5 Å². The topological polar surface area (TPSA) is 424 Å². The van der Waals surface area contributed by atoms with Gasteiger partial charge in [0.15, 0.2) is 11.9 Å². The summed E-state index contributed by atoms with van der Waals surface area (Å²) in [5.74, 6) is -8.07. The maximum Gasteiger partial charge on any atom is 0.407 e. The van der Waals surface area contributed by atoms with Crippen LogP contribution in [0.2, 0.25) is 0 Å². The van der Waals surface area contributed by atoms with Gasteiger partial charge in [-0.3, -0.25) is 38.4 Å². The molecule has 106 heavy (non-hydrogen) atoms. The smallest absolute Gasteiger partial charge is 0.407 e. The monoisotopic (exact) mass is 1490 g/mol. The minimum absolute atomic E-state index is 0.0175. The van der Waals surface area contributed by atoms with Crippen LogP contribution in [-0.2, 0) is 77.1 Å². The number of carbonyl (C=O) groups excluding carboxylic acids is 10. The predicted octanol–water partition coefficient (Wildman–Crippen LogP) is 2.06. The largest absolute Gasteiger partial charge is 0.508 e. The highest BCUT2D eigenvalue weighted by Crippen LogP contribution is 2.57. The lowest BCUT2D eigenvalue weighted by Crippen LogP contribution is -2.59. The Morgan fingerprint density at radius 2 is 1.32 bits per heavy atom. The molecule has 0 radical (unpaired) electrons. The van der Waals surface area contributed by atoms with Crippen LogP contribution in [0.25, 0.3) is 11.1 Å². The fourth-order valence-corrected chi connectivity index (χ4v) is 15.1. The van der Waals surface area contributed by atoms with Crippen LogP contribution in [0, 0.1) is 11.8 Å². The van der Waals surface area contributed by atoms with Gasteiger partial charge in [0.1, 0.15) is 72.5 Å². The van der Waals surface area contributed by atoms with Gasteiger partial charge >= 0.3 is 12.1 Å². The molecule has 11 atom stereocenters. The Balaban J connectivity index is 0.664. The van der Waals surface area contributed by atoms with E-state index in [4.69, 9.17) is 37.9 Å². The summed E-state index contributed by atoms with van der Waals surface area (Å²) in [4.78, 5) is 141. The van der Waals surface area contributed by atoms with Gasteiger partial charge in [0, 0.05) is 79.6 Å². The van der Waals surface area contributed by atoms with Crippen LogP contribution >= 0.6 is 11.8 Å².